The van der Waals surface area contributed by atoms with Crippen molar-refractivity contribution in [2.45, 2.75) is 0 Å². The van der Waals surface area contributed by atoms with Crippen LogP contribution in [0.15, 0.2) is 82.5 Å². The van der Waals surface area contributed by atoms with Crippen molar-refractivity contribution in [3.8, 4) is 11.8 Å². The number of hydrogen-bond donors (Lipinski definition) is 0. The molecule has 5 heterocycles. The summed E-state index contributed by atoms with van der Waals surface area (Å²) in [6.07, 6.45) is 6.30. The standard InChI is InChI=1S/C13H12N2O3.C11H6N2O2/c1-17-12-9(5-3-7-14-12)11(16)10-6-4-8-15-13(10)18-2;14-9-7-3-1-5-12-10(7)15-11-8(9)4-2-6-13-11/h3-8H,1-2H3;1-6H. The molecule has 0 aliphatic rings. The first-order chi connectivity index (χ1) is 16.1. The van der Waals surface area contributed by atoms with Gasteiger partial charge in [-0.25, -0.2) is 19.9 Å². The van der Waals surface area contributed by atoms with Gasteiger partial charge in [0.05, 0.1) is 36.1 Å². The molecule has 0 atom stereocenters. The first-order valence-corrected chi connectivity index (χ1v) is 9.79. The van der Waals surface area contributed by atoms with E-state index in [1.54, 1.807) is 73.3 Å². The summed E-state index contributed by atoms with van der Waals surface area (Å²) in [7, 11) is 2.94. The first kappa shape index (κ1) is 21.6. The van der Waals surface area contributed by atoms with Crippen molar-refractivity contribution < 1.29 is 18.7 Å². The van der Waals surface area contributed by atoms with E-state index in [-0.39, 0.29) is 23.0 Å². The summed E-state index contributed by atoms with van der Waals surface area (Å²) in [6, 6.07) is 13.5. The lowest BCUT2D eigenvalue weighted by molar-refractivity contribution is 0.103. The third-order valence-corrected chi connectivity index (χ3v) is 4.64. The number of methoxy groups -OCH3 is 2. The molecule has 9 heteroatoms. The molecule has 0 fully saturated rings. The number of nitrogens with zero attached hydrogens (tertiary/aromatic N) is 4. The minimum absolute atomic E-state index is 0.0903. The minimum atomic E-state index is -0.232. The third kappa shape index (κ3) is 4.38. The maximum absolute atomic E-state index is 12.4. The summed E-state index contributed by atoms with van der Waals surface area (Å²) >= 11 is 0. The zero-order valence-electron chi connectivity index (χ0n) is 17.8. The van der Waals surface area contributed by atoms with E-state index in [0.717, 1.165) is 0 Å². The van der Waals surface area contributed by atoms with Crippen LogP contribution in [0.5, 0.6) is 11.8 Å². The average Bonchev–Trinajstić information content (AvgIpc) is 2.89. The maximum Gasteiger partial charge on any atom is 0.232 e. The molecule has 5 aromatic heterocycles. The van der Waals surface area contributed by atoms with Gasteiger partial charge in [-0.2, -0.15) is 0 Å². The van der Waals surface area contributed by atoms with Crippen molar-refractivity contribution in [3.05, 3.63) is 94.7 Å². The third-order valence-electron chi connectivity index (χ3n) is 4.64. The lowest BCUT2D eigenvalue weighted by Crippen LogP contribution is -2.07. The predicted octanol–water partition coefficient (Wildman–Crippen LogP) is 3.46. The minimum Gasteiger partial charge on any atom is -0.480 e. The smallest absolute Gasteiger partial charge is 0.232 e. The number of hydrogen-bond acceptors (Lipinski definition) is 9. The van der Waals surface area contributed by atoms with Gasteiger partial charge in [-0.1, -0.05) is 0 Å². The highest BCUT2D eigenvalue weighted by Crippen LogP contribution is 2.23. The monoisotopic (exact) mass is 442 g/mol. The molecule has 0 bridgehead atoms. The topological polar surface area (TPSA) is 117 Å². The summed E-state index contributed by atoms with van der Waals surface area (Å²) in [6.45, 7) is 0. The Morgan fingerprint density at radius 3 is 1.58 bits per heavy atom. The van der Waals surface area contributed by atoms with Gasteiger partial charge in [0.1, 0.15) is 0 Å². The predicted molar refractivity (Wildman–Crippen MR) is 121 cm³/mol. The Morgan fingerprint density at radius 1 is 0.697 bits per heavy atom. The van der Waals surface area contributed by atoms with Gasteiger partial charge in [0, 0.05) is 24.8 Å². The number of carbonyl (C=O) groups is 1. The number of ether oxygens (including phenoxy) is 2. The van der Waals surface area contributed by atoms with E-state index in [1.807, 2.05) is 0 Å². The molecule has 0 saturated heterocycles. The Hall–Kier alpha value is -4.66. The molecule has 0 radical (unpaired) electrons. The van der Waals surface area contributed by atoms with E-state index in [9.17, 15) is 9.59 Å². The van der Waals surface area contributed by atoms with Crippen LogP contribution in [-0.2, 0) is 0 Å². The Balaban J connectivity index is 0.000000159. The van der Waals surface area contributed by atoms with Gasteiger partial charge in [-0.05, 0) is 48.5 Å². The summed E-state index contributed by atoms with van der Waals surface area (Å²) in [4.78, 5) is 40.3. The van der Waals surface area contributed by atoms with E-state index >= 15 is 0 Å². The van der Waals surface area contributed by atoms with Crippen LogP contribution in [-0.4, -0.2) is 39.9 Å². The normalized spacial score (nSPS) is 10.4. The zero-order chi connectivity index (χ0) is 23.2. The summed E-state index contributed by atoms with van der Waals surface area (Å²) in [5.74, 6) is 0.340. The second-order valence-corrected chi connectivity index (χ2v) is 6.59. The van der Waals surface area contributed by atoms with Crippen molar-refractivity contribution in [2.24, 2.45) is 0 Å². The SMILES string of the molecule is COc1ncccc1C(=O)c1cccnc1OC.O=c1c2cccnc2oc2ncccc12. The molecule has 0 aromatic carbocycles. The summed E-state index contributed by atoms with van der Waals surface area (Å²) in [5, 5.41) is 0.969. The Morgan fingerprint density at radius 2 is 1.12 bits per heavy atom. The molecule has 0 saturated carbocycles. The van der Waals surface area contributed by atoms with Crippen molar-refractivity contribution in [1.29, 1.82) is 0 Å². The number of fused-ring (bicyclic) bond motifs is 2. The summed E-state index contributed by atoms with van der Waals surface area (Å²) in [5.41, 5.74) is 1.33. The number of rotatable bonds is 4. The lowest BCUT2D eigenvalue weighted by Gasteiger charge is -2.08. The highest BCUT2D eigenvalue weighted by molar-refractivity contribution is 6.11. The van der Waals surface area contributed by atoms with Crippen LogP contribution in [0.2, 0.25) is 0 Å². The van der Waals surface area contributed by atoms with Crippen LogP contribution in [0.3, 0.4) is 0 Å². The summed E-state index contributed by atoms with van der Waals surface area (Å²) < 4.78 is 15.5. The highest BCUT2D eigenvalue weighted by Gasteiger charge is 2.19. The van der Waals surface area contributed by atoms with Gasteiger partial charge < -0.3 is 13.9 Å². The fraction of sp³-hybridized carbons (Fsp3) is 0.0833. The van der Waals surface area contributed by atoms with Crippen molar-refractivity contribution in [3.63, 3.8) is 0 Å². The van der Waals surface area contributed by atoms with Crippen LogP contribution in [0.4, 0.5) is 0 Å². The molecule has 0 spiro atoms. The number of aromatic nitrogens is 4. The average molecular weight is 442 g/mol. The fourth-order valence-electron chi connectivity index (χ4n) is 3.12. The molecule has 0 N–H and O–H groups in total. The van der Waals surface area contributed by atoms with Crippen LogP contribution in [0.1, 0.15) is 15.9 Å². The molecule has 0 aliphatic heterocycles. The first-order valence-electron chi connectivity index (χ1n) is 9.79. The molecule has 0 amide bonds. The number of ketones is 1. The zero-order valence-corrected chi connectivity index (χ0v) is 17.8. The van der Waals surface area contributed by atoms with Gasteiger partial charge >= 0.3 is 0 Å². The Labute approximate surface area is 187 Å². The number of carbonyl (C=O) groups excluding carboxylic acids is 1. The van der Waals surface area contributed by atoms with Crippen LogP contribution < -0.4 is 14.9 Å². The van der Waals surface area contributed by atoms with E-state index in [1.165, 1.54) is 14.2 Å². The van der Waals surface area contributed by atoms with Crippen molar-refractivity contribution >= 4 is 28.0 Å². The van der Waals surface area contributed by atoms with Crippen LogP contribution >= 0.6 is 0 Å². The molecule has 164 valence electrons. The molecule has 33 heavy (non-hydrogen) atoms. The van der Waals surface area contributed by atoms with E-state index < -0.39 is 0 Å². The van der Waals surface area contributed by atoms with Crippen LogP contribution in [0.25, 0.3) is 22.2 Å². The largest absolute Gasteiger partial charge is 0.480 e. The Bertz CT molecular complexity index is 1390. The van der Waals surface area contributed by atoms with Gasteiger partial charge in [0.15, 0.2) is 0 Å². The maximum atomic E-state index is 12.4. The molecule has 9 nitrogen and oxygen atoms in total. The van der Waals surface area contributed by atoms with E-state index in [0.29, 0.717) is 33.3 Å². The van der Waals surface area contributed by atoms with Gasteiger partial charge in [0.25, 0.3) is 0 Å². The second-order valence-electron chi connectivity index (χ2n) is 6.59. The molecular weight excluding hydrogens is 424 g/mol. The highest BCUT2D eigenvalue weighted by atomic mass is 16.5. The molecule has 5 aromatic rings. The second kappa shape index (κ2) is 9.65. The van der Waals surface area contributed by atoms with Gasteiger partial charge in [-0.3, -0.25) is 9.59 Å². The van der Waals surface area contributed by atoms with Crippen LogP contribution in [0, 0.1) is 0 Å². The van der Waals surface area contributed by atoms with Crippen molar-refractivity contribution in [2.75, 3.05) is 14.2 Å². The molecule has 0 aliphatic carbocycles. The van der Waals surface area contributed by atoms with Gasteiger partial charge in [0.2, 0.25) is 34.4 Å². The molecule has 5 rings (SSSR count). The van der Waals surface area contributed by atoms with Gasteiger partial charge in [-0.15, -0.1) is 0 Å². The van der Waals surface area contributed by atoms with E-state index in [4.69, 9.17) is 13.9 Å². The number of pyridine rings is 4. The molecular formula is C24H18N4O5. The fourth-order valence-corrected chi connectivity index (χ4v) is 3.12. The Kier molecular flexibility index (Phi) is 6.31. The van der Waals surface area contributed by atoms with E-state index in [2.05, 4.69) is 19.9 Å². The quantitative estimate of drug-likeness (QED) is 0.304. The lowest BCUT2D eigenvalue weighted by atomic mass is 10.1. The molecule has 0 unspecified atom stereocenters. The van der Waals surface area contributed by atoms with Crippen molar-refractivity contribution in [1.82, 2.24) is 19.9 Å².